The molecular formula is C7H9IN2. The van der Waals surface area contributed by atoms with Crippen molar-refractivity contribution in [3.8, 4) is 0 Å². The average molecular weight is 248 g/mol. The minimum atomic E-state index is 0.844. The molecule has 1 rings (SSSR count). The number of aromatic nitrogens is 1. The lowest BCUT2D eigenvalue weighted by Crippen LogP contribution is -2.06. The summed E-state index contributed by atoms with van der Waals surface area (Å²) in [6, 6.07) is 4.08. The summed E-state index contributed by atoms with van der Waals surface area (Å²) in [6.45, 7) is 0.844. The summed E-state index contributed by atoms with van der Waals surface area (Å²) in [5, 5.41) is 3.04. The van der Waals surface area contributed by atoms with Crippen molar-refractivity contribution in [2.45, 2.75) is 6.54 Å². The van der Waals surface area contributed by atoms with Gasteiger partial charge in [0.15, 0.2) is 0 Å². The maximum absolute atomic E-state index is 4.20. The zero-order valence-corrected chi connectivity index (χ0v) is 7.92. The molecule has 0 atom stereocenters. The van der Waals surface area contributed by atoms with Crippen LogP contribution in [0.2, 0.25) is 0 Å². The molecule has 2 nitrogen and oxygen atoms in total. The molecule has 0 bridgehead atoms. The molecule has 1 heterocycles. The quantitative estimate of drug-likeness (QED) is 0.800. The van der Waals surface area contributed by atoms with E-state index in [2.05, 4.69) is 39.0 Å². The third kappa shape index (κ3) is 2.22. The lowest BCUT2D eigenvalue weighted by atomic mass is 10.3. The van der Waals surface area contributed by atoms with Gasteiger partial charge in [-0.3, -0.25) is 4.98 Å². The Balaban J connectivity index is 2.69. The van der Waals surface area contributed by atoms with Gasteiger partial charge in [0.05, 0.1) is 5.69 Å². The third-order valence-electron chi connectivity index (χ3n) is 1.15. The van der Waals surface area contributed by atoms with E-state index in [0.717, 1.165) is 12.2 Å². The average Bonchev–Trinajstić information content (AvgIpc) is 1.95. The Morgan fingerprint density at radius 1 is 1.60 bits per heavy atom. The predicted molar refractivity (Wildman–Crippen MR) is 49.7 cm³/mol. The van der Waals surface area contributed by atoms with Gasteiger partial charge in [-0.05, 0) is 41.8 Å². The zero-order valence-electron chi connectivity index (χ0n) is 5.76. The molecular weight excluding hydrogens is 239 g/mol. The van der Waals surface area contributed by atoms with Gasteiger partial charge >= 0.3 is 0 Å². The van der Waals surface area contributed by atoms with Crippen LogP contribution in [0.5, 0.6) is 0 Å². The summed E-state index contributed by atoms with van der Waals surface area (Å²) in [7, 11) is 1.92. The molecule has 54 valence electrons. The fourth-order valence-electron chi connectivity index (χ4n) is 0.692. The van der Waals surface area contributed by atoms with Crippen molar-refractivity contribution < 1.29 is 0 Å². The van der Waals surface area contributed by atoms with Gasteiger partial charge in [0.25, 0.3) is 0 Å². The van der Waals surface area contributed by atoms with Gasteiger partial charge in [0.2, 0.25) is 0 Å². The van der Waals surface area contributed by atoms with Crippen LogP contribution in [0.25, 0.3) is 0 Å². The van der Waals surface area contributed by atoms with Crippen LogP contribution in [0.15, 0.2) is 18.3 Å². The highest BCUT2D eigenvalue weighted by molar-refractivity contribution is 14.1. The topological polar surface area (TPSA) is 24.9 Å². The molecule has 1 N–H and O–H groups in total. The van der Waals surface area contributed by atoms with Crippen LogP contribution in [0.3, 0.4) is 0 Å². The van der Waals surface area contributed by atoms with E-state index in [1.807, 2.05) is 19.3 Å². The minimum Gasteiger partial charge on any atom is -0.314 e. The Bertz CT molecular complexity index is 195. The number of nitrogens with one attached hydrogen (secondary N) is 1. The van der Waals surface area contributed by atoms with E-state index in [0.29, 0.717) is 0 Å². The number of nitrogens with zero attached hydrogens (tertiary/aromatic N) is 1. The molecule has 0 saturated heterocycles. The Labute approximate surface area is 74.2 Å². The molecule has 0 unspecified atom stereocenters. The number of pyridine rings is 1. The lowest BCUT2D eigenvalue weighted by Gasteiger charge is -1.96. The summed E-state index contributed by atoms with van der Waals surface area (Å²) in [4.78, 5) is 4.20. The van der Waals surface area contributed by atoms with Crippen LogP contribution in [0.4, 0.5) is 0 Å². The molecule has 1 aromatic rings. The Hall–Kier alpha value is -0.160. The van der Waals surface area contributed by atoms with Crippen LogP contribution in [-0.2, 0) is 6.54 Å². The first kappa shape index (κ1) is 7.94. The summed E-state index contributed by atoms with van der Waals surface area (Å²) >= 11 is 2.24. The first-order valence-electron chi connectivity index (χ1n) is 3.08. The van der Waals surface area contributed by atoms with E-state index in [9.17, 15) is 0 Å². The lowest BCUT2D eigenvalue weighted by molar-refractivity contribution is 0.790. The maximum Gasteiger partial charge on any atom is 0.0542 e. The third-order valence-corrected chi connectivity index (χ3v) is 1.78. The van der Waals surface area contributed by atoms with Gasteiger partial charge in [0.1, 0.15) is 0 Å². The van der Waals surface area contributed by atoms with E-state index in [-0.39, 0.29) is 0 Å². The highest BCUT2D eigenvalue weighted by Gasteiger charge is 1.89. The second kappa shape index (κ2) is 3.88. The highest BCUT2D eigenvalue weighted by atomic mass is 127. The number of halogens is 1. The minimum absolute atomic E-state index is 0.844. The molecule has 1 aromatic heterocycles. The van der Waals surface area contributed by atoms with Crippen molar-refractivity contribution in [1.29, 1.82) is 0 Å². The predicted octanol–water partition coefficient (Wildman–Crippen LogP) is 1.41. The molecule has 0 aromatic carbocycles. The summed E-state index contributed by atoms with van der Waals surface area (Å²) in [5.74, 6) is 0. The summed E-state index contributed by atoms with van der Waals surface area (Å²) < 4.78 is 1.18. The first-order chi connectivity index (χ1) is 4.83. The van der Waals surface area contributed by atoms with Gasteiger partial charge in [-0.1, -0.05) is 0 Å². The molecule has 0 spiro atoms. The fourth-order valence-corrected chi connectivity index (χ4v) is 1.01. The Morgan fingerprint density at radius 3 is 2.90 bits per heavy atom. The monoisotopic (exact) mass is 248 g/mol. The van der Waals surface area contributed by atoms with E-state index in [4.69, 9.17) is 0 Å². The van der Waals surface area contributed by atoms with Crippen molar-refractivity contribution in [1.82, 2.24) is 10.3 Å². The van der Waals surface area contributed by atoms with Crippen molar-refractivity contribution in [2.24, 2.45) is 0 Å². The van der Waals surface area contributed by atoms with Crippen LogP contribution >= 0.6 is 22.6 Å². The smallest absolute Gasteiger partial charge is 0.0542 e. The summed E-state index contributed by atoms with van der Waals surface area (Å²) in [5.41, 5.74) is 1.09. The van der Waals surface area contributed by atoms with Gasteiger partial charge in [-0.15, -0.1) is 0 Å². The highest BCUT2D eigenvalue weighted by Crippen LogP contribution is 2.02. The molecule has 10 heavy (non-hydrogen) atoms. The molecule has 0 saturated carbocycles. The second-order valence-electron chi connectivity index (χ2n) is 2.00. The van der Waals surface area contributed by atoms with E-state index < -0.39 is 0 Å². The van der Waals surface area contributed by atoms with Crippen LogP contribution in [-0.4, -0.2) is 12.0 Å². The SMILES string of the molecule is CNCc1ccc(I)cn1. The Kier molecular flexibility index (Phi) is 3.08. The summed E-state index contributed by atoms with van der Waals surface area (Å²) in [6.07, 6.45) is 1.87. The molecule has 0 radical (unpaired) electrons. The molecule has 0 aliphatic carbocycles. The van der Waals surface area contributed by atoms with Crippen molar-refractivity contribution >= 4 is 22.6 Å². The van der Waals surface area contributed by atoms with Crippen molar-refractivity contribution in [2.75, 3.05) is 7.05 Å². The van der Waals surface area contributed by atoms with E-state index >= 15 is 0 Å². The Morgan fingerprint density at radius 2 is 2.40 bits per heavy atom. The number of hydrogen-bond donors (Lipinski definition) is 1. The van der Waals surface area contributed by atoms with Gasteiger partial charge in [0, 0.05) is 16.3 Å². The van der Waals surface area contributed by atoms with Crippen molar-refractivity contribution in [3.63, 3.8) is 0 Å². The maximum atomic E-state index is 4.20. The number of hydrogen-bond acceptors (Lipinski definition) is 2. The van der Waals surface area contributed by atoms with Crippen LogP contribution < -0.4 is 5.32 Å². The molecule has 0 fully saturated rings. The van der Waals surface area contributed by atoms with Gasteiger partial charge in [-0.25, -0.2) is 0 Å². The molecule has 0 aliphatic rings. The number of rotatable bonds is 2. The van der Waals surface area contributed by atoms with Gasteiger partial charge < -0.3 is 5.32 Å². The second-order valence-corrected chi connectivity index (χ2v) is 3.24. The van der Waals surface area contributed by atoms with Crippen LogP contribution in [0.1, 0.15) is 5.69 Å². The largest absolute Gasteiger partial charge is 0.314 e. The standard InChI is InChI=1S/C7H9IN2/c1-9-5-7-3-2-6(8)4-10-7/h2-4,9H,5H2,1H3. The van der Waals surface area contributed by atoms with E-state index in [1.165, 1.54) is 3.57 Å². The van der Waals surface area contributed by atoms with Crippen molar-refractivity contribution in [3.05, 3.63) is 27.6 Å². The fraction of sp³-hybridized carbons (Fsp3) is 0.286. The molecule has 3 heteroatoms. The van der Waals surface area contributed by atoms with Gasteiger partial charge in [-0.2, -0.15) is 0 Å². The zero-order chi connectivity index (χ0) is 7.40. The van der Waals surface area contributed by atoms with Crippen LogP contribution in [0, 0.1) is 3.57 Å². The normalized spacial score (nSPS) is 9.80. The van der Waals surface area contributed by atoms with E-state index in [1.54, 1.807) is 0 Å². The molecule has 0 amide bonds. The molecule has 0 aliphatic heterocycles. The first-order valence-corrected chi connectivity index (χ1v) is 4.16.